The molecule has 2 N–H and O–H groups in total. The molecule has 0 aliphatic rings. The van der Waals surface area contributed by atoms with Crippen LogP contribution in [0.1, 0.15) is 22.3 Å². The fraction of sp³-hybridized carbons (Fsp3) is 0.294. The number of halogens is 3. The molecule has 0 aromatic heterocycles. The molecular weight excluding hydrogens is 336 g/mol. The molecule has 1 unspecified atom stereocenters. The van der Waals surface area contributed by atoms with Crippen LogP contribution in [0.2, 0.25) is 0 Å². The van der Waals surface area contributed by atoms with E-state index in [2.05, 4.69) is 34.1 Å². The molecule has 112 valence electrons. The van der Waals surface area contributed by atoms with Crippen LogP contribution in [-0.2, 0) is 12.8 Å². The number of hydrogen-bond acceptors (Lipinski definition) is 1. The Labute approximate surface area is 132 Å². The zero-order chi connectivity index (χ0) is 15.6. The van der Waals surface area contributed by atoms with Crippen LogP contribution in [0.25, 0.3) is 0 Å². The normalized spacial score (nSPS) is 12.5. The van der Waals surface area contributed by atoms with Gasteiger partial charge in [0.15, 0.2) is 0 Å². The molecule has 2 aromatic carbocycles. The van der Waals surface area contributed by atoms with E-state index < -0.39 is 11.6 Å². The van der Waals surface area contributed by atoms with Crippen LogP contribution < -0.4 is 5.73 Å². The number of hydrogen-bond donors (Lipinski definition) is 1. The molecule has 21 heavy (non-hydrogen) atoms. The van der Waals surface area contributed by atoms with Crippen molar-refractivity contribution in [3.63, 3.8) is 0 Å². The summed E-state index contributed by atoms with van der Waals surface area (Å²) in [5, 5.41) is 0. The SMILES string of the molecule is Cc1cc(C)cc(CC(N)Cc2c(F)ccc(Br)c2F)c1. The highest BCUT2D eigenvalue weighted by Crippen LogP contribution is 2.23. The maximum absolute atomic E-state index is 13.9. The molecule has 2 aromatic rings. The van der Waals surface area contributed by atoms with Gasteiger partial charge in [-0.15, -0.1) is 0 Å². The van der Waals surface area contributed by atoms with E-state index in [4.69, 9.17) is 5.73 Å². The summed E-state index contributed by atoms with van der Waals surface area (Å²) in [5.41, 5.74) is 9.54. The molecule has 2 rings (SSSR count). The molecule has 0 bridgehead atoms. The largest absolute Gasteiger partial charge is 0.327 e. The van der Waals surface area contributed by atoms with Crippen LogP contribution in [0.5, 0.6) is 0 Å². The Morgan fingerprint density at radius 1 is 1.05 bits per heavy atom. The van der Waals surface area contributed by atoms with Crippen LogP contribution in [0.4, 0.5) is 8.78 Å². The van der Waals surface area contributed by atoms with Crippen LogP contribution in [0.3, 0.4) is 0 Å². The molecule has 0 heterocycles. The highest BCUT2D eigenvalue weighted by Gasteiger charge is 2.16. The van der Waals surface area contributed by atoms with E-state index in [0.717, 1.165) is 16.7 Å². The van der Waals surface area contributed by atoms with E-state index >= 15 is 0 Å². The molecule has 0 saturated carbocycles. The zero-order valence-electron chi connectivity index (χ0n) is 12.1. The molecular formula is C17H18BrF2N. The van der Waals surface area contributed by atoms with Gasteiger partial charge in [-0.25, -0.2) is 8.78 Å². The zero-order valence-corrected chi connectivity index (χ0v) is 13.7. The van der Waals surface area contributed by atoms with Crippen molar-refractivity contribution >= 4 is 15.9 Å². The second-order valence-corrected chi connectivity index (χ2v) is 6.34. The van der Waals surface area contributed by atoms with E-state index in [0.29, 0.717) is 6.42 Å². The number of aryl methyl sites for hydroxylation is 2. The van der Waals surface area contributed by atoms with Crippen molar-refractivity contribution in [2.75, 3.05) is 0 Å². The average molecular weight is 354 g/mol. The summed E-state index contributed by atoms with van der Waals surface area (Å²) >= 11 is 3.07. The minimum absolute atomic E-state index is 0.0428. The van der Waals surface area contributed by atoms with Gasteiger partial charge in [0.1, 0.15) is 11.6 Å². The molecule has 0 saturated heterocycles. The van der Waals surface area contributed by atoms with Gasteiger partial charge in [0.25, 0.3) is 0 Å². The average Bonchev–Trinajstić information content (AvgIpc) is 2.38. The molecule has 0 aliphatic carbocycles. The third-order valence-electron chi connectivity index (χ3n) is 3.38. The highest BCUT2D eigenvalue weighted by molar-refractivity contribution is 9.10. The third kappa shape index (κ3) is 4.11. The van der Waals surface area contributed by atoms with Crippen molar-refractivity contribution in [1.82, 2.24) is 0 Å². The van der Waals surface area contributed by atoms with Gasteiger partial charge in [0.2, 0.25) is 0 Å². The molecule has 1 nitrogen and oxygen atoms in total. The topological polar surface area (TPSA) is 26.0 Å². The van der Waals surface area contributed by atoms with Crippen molar-refractivity contribution in [2.24, 2.45) is 5.73 Å². The minimum Gasteiger partial charge on any atom is -0.327 e. The van der Waals surface area contributed by atoms with Gasteiger partial charge in [-0.05, 0) is 60.3 Å². The van der Waals surface area contributed by atoms with Crippen LogP contribution in [0, 0.1) is 25.5 Å². The summed E-state index contributed by atoms with van der Waals surface area (Å²) in [7, 11) is 0. The Bertz CT molecular complexity index is 635. The Hall–Kier alpha value is -1.26. The smallest absolute Gasteiger partial charge is 0.143 e. The lowest BCUT2D eigenvalue weighted by Crippen LogP contribution is -2.26. The first-order valence-corrected chi connectivity index (χ1v) is 7.61. The highest BCUT2D eigenvalue weighted by atomic mass is 79.9. The van der Waals surface area contributed by atoms with Gasteiger partial charge in [-0.1, -0.05) is 29.3 Å². The lowest BCUT2D eigenvalue weighted by Gasteiger charge is -2.14. The van der Waals surface area contributed by atoms with Gasteiger partial charge in [0, 0.05) is 11.6 Å². The third-order valence-corrected chi connectivity index (χ3v) is 4.00. The van der Waals surface area contributed by atoms with Crippen molar-refractivity contribution in [2.45, 2.75) is 32.7 Å². The van der Waals surface area contributed by atoms with Gasteiger partial charge in [0.05, 0.1) is 4.47 Å². The van der Waals surface area contributed by atoms with Crippen molar-refractivity contribution < 1.29 is 8.78 Å². The molecule has 1 atom stereocenters. The lowest BCUT2D eigenvalue weighted by molar-refractivity contribution is 0.530. The first kappa shape index (κ1) is 16.1. The van der Waals surface area contributed by atoms with Gasteiger partial charge in [-0.3, -0.25) is 0 Å². The number of benzene rings is 2. The minimum atomic E-state index is -0.564. The molecule has 4 heteroatoms. The van der Waals surface area contributed by atoms with Gasteiger partial charge < -0.3 is 5.73 Å². The van der Waals surface area contributed by atoms with E-state index in [1.165, 1.54) is 12.1 Å². The summed E-state index contributed by atoms with van der Waals surface area (Å²) in [6, 6.07) is 8.49. The fourth-order valence-corrected chi connectivity index (χ4v) is 2.95. The van der Waals surface area contributed by atoms with E-state index in [9.17, 15) is 8.78 Å². The molecule has 0 spiro atoms. The monoisotopic (exact) mass is 353 g/mol. The van der Waals surface area contributed by atoms with E-state index in [-0.39, 0.29) is 22.5 Å². The fourth-order valence-electron chi connectivity index (χ4n) is 2.58. The van der Waals surface area contributed by atoms with Crippen LogP contribution >= 0.6 is 15.9 Å². The van der Waals surface area contributed by atoms with Crippen molar-refractivity contribution in [1.29, 1.82) is 0 Å². The quantitative estimate of drug-likeness (QED) is 0.807. The maximum Gasteiger partial charge on any atom is 0.143 e. The van der Waals surface area contributed by atoms with Gasteiger partial charge >= 0.3 is 0 Å². The first-order chi connectivity index (χ1) is 9.86. The van der Waals surface area contributed by atoms with E-state index in [1.54, 1.807) is 0 Å². The standard InChI is InChI=1S/C17H18BrF2N/c1-10-5-11(2)7-12(6-10)8-13(21)9-14-16(19)4-3-15(18)17(14)20/h3-7,13H,8-9,21H2,1-2H3. The Kier molecular flexibility index (Phi) is 5.12. The van der Waals surface area contributed by atoms with Crippen molar-refractivity contribution in [3.8, 4) is 0 Å². The summed E-state index contributed by atoms with van der Waals surface area (Å²) < 4.78 is 28.0. The Morgan fingerprint density at radius 3 is 2.29 bits per heavy atom. The van der Waals surface area contributed by atoms with Crippen LogP contribution in [0.15, 0.2) is 34.8 Å². The number of rotatable bonds is 4. The molecule has 0 aliphatic heterocycles. The predicted octanol–water partition coefficient (Wildman–Crippen LogP) is 4.46. The van der Waals surface area contributed by atoms with Crippen LogP contribution in [-0.4, -0.2) is 6.04 Å². The molecule has 0 fully saturated rings. The predicted molar refractivity (Wildman–Crippen MR) is 85.4 cm³/mol. The number of nitrogens with two attached hydrogens (primary N) is 1. The Morgan fingerprint density at radius 2 is 1.67 bits per heavy atom. The van der Waals surface area contributed by atoms with E-state index in [1.807, 2.05) is 13.8 Å². The second kappa shape index (κ2) is 6.67. The lowest BCUT2D eigenvalue weighted by atomic mass is 9.97. The first-order valence-electron chi connectivity index (χ1n) is 6.82. The second-order valence-electron chi connectivity index (χ2n) is 5.49. The summed E-state index contributed by atoms with van der Waals surface area (Å²) in [5.74, 6) is -1.11. The van der Waals surface area contributed by atoms with Crippen molar-refractivity contribution in [3.05, 3.63) is 68.7 Å². The molecule has 0 radical (unpaired) electrons. The summed E-state index contributed by atoms with van der Waals surface area (Å²) in [6.45, 7) is 4.05. The van der Waals surface area contributed by atoms with Gasteiger partial charge in [-0.2, -0.15) is 0 Å². The summed E-state index contributed by atoms with van der Waals surface area (Å²) in [6.07, 6.45) is 0.762. The molecule has 0 amide bonds. The summed E-state index contributed by atoms with van der Waals surface area (Å²) in [4.78, 5) is 0. The Balaban J connectivity index is 2.15. The maximum atomic E-state index is 13.9.